The first-order chi connectivity index (χ1) is 20.6. The van der Waals surface area contributed by atoms with Crippen LogP contribution in [0.4, 0.5) is 8.78 Å². The van der Waals surface area contributed by atoms with E-state index >= 15 is 4.39 Å². The summed E-state index contributed by atoms with van der Waals surface area (Å²) in [5.74, 6) is -1.37. The van der Waals surface area contributed by atoms with E-state index in [0.29, 0.717) is 21.9 Å². The predicted octanol–water partition coefficient (Wildman–Crippen LogP) is 8.72. The molecule has 1 atom stereocenters. The molecule has 0 saturated carbocycles. The van der Waals surface area contributed by atoms with E-state index in [0.717, 1.165) is 29.2 Å². The minimum atomic E-state index is -0.795. The quantitative estimate of drug-likeness (QED) is 0.199. The lowest BCUT2D eigenvalue weighted by Crippen LogP contribution is -2.43. The molecule has 6 aromatic rings. The minimum absolute atomic E-state index is 0.0225. The number of pyridine rings is 1. The number of fused-ring (bicyclic) bond motifs is 1. The molecule has 0 radical (unpaired) electrons. The van der Waals surface area contributed by atoms with Gasteiger partial charge in [0.1, 0.15) is 22.9 Å². The number of hydrogen-bond donors (Lipinski definition) is 0. The Bertz CT molecular complexity index is 1920. The van der Waals surface area contributed by atoms with Crippen molar-refractivity contribution in [3.05, 3.63) is 162 Å². The Kier molecular flexibility index (Phi) is 6.56. The Balaban J connectivity index is 1.58. The molecule has 1 aliphatic rings. The van der Waals surface area contributed by atoms with Gasteiger partial charge < -0.3 is 4.40 Å². The molecule has 3 heterocycles. The van der Waals surface area contributed by atoms with E-state index in [1.54, 1.807) is 6.20 Å². The summed E-state index contributed by atoms with van der Waals surface area (Å²) in [5.41, 5.74) is 3.85. The van der Waals surface area contributed by atoms with Crippen molar-refractivity contribution in [2.75, 3.05) is 0 Å². The van der Waals surface area contributed by atoms with Crippen LogP contribution in [-0.4, -0.2) is 19.2 Å². The van der Waals surface area contributed by atoms with E-state index in [9.17, 15) is 4.39 Å². The molecule has 0 saturated heterocycles. The van der Waals surface area contributed by atoms with E-state index in [1.165, 1.54) is 12.1 Å². The van der Waals surface area contributed by atoms with Gasteiger partial charge in [0.2, 0.25) is 0 Å². The maximum Gasteiger partial charge on any atom is 0.155 e. The van der Waals surface area contributed by atoms with Gasteiger partial charge in [0.05, 0.1) is 5.02 Å². The number of halogens is 3. The molecular formula is C35H25ClF2N4. The van der Waals surface area contributed by atoms with Crippen molar-refractivity contribution >= 4 is 17.2 Å². The summed E-state index contributed by atoms with van der Waals surface area (Å²) in [6.07, 6.45) is 16.6. The average Bonchev–Trinajstić information content (AvgIpc) is 3.68. The number of nitrogens with zero attached hydrogens (tertiary/aromatic N) is 4. The van der Waals surface area contributed by atoms with Gasteiger partial charge in [-0.1, -0.05) is 96.6 Å². The highest BCUT2D eigenvalue weighted by molar-refractivity contribution is 6.33. The first-order valence-electron chi connectivity index (χ1n) is 13.7. The van der Waals surface area contributed by atoms with Gasteiger partial charge in [-0.2, -0.15) is 5.10 Å². The van der Waals surface area contributed by atoms with Crippen LogP contribution < -0.4 is 0 Å². The average molecular weight is 575 g/mol. The van der Waals surface area contributed by atoms with Gasteiger partial charge in [-0.3, -0.25) is 4.68 Å². The summed E-state index contributed by atoms with van der Waals surface area (Å²) in [6, 6.07) is 25.9. The lowest BCUT2D eigenvalue weighted by molar-refractivity contribution is 0.293. The summed E-state index contributed by atoms with van der Waals surface area (Å²) in [6.45, 7) is 0. The third kappa shape index (κ3) is 4.27. The molecule has 0 bridgehead atoms. The van der Waals surface area contributed by atoms with E-state index in [-0.39, 0.29) is 11.5 Å². The maximum atomic E-state index is 15.5. The first kappa shape index (κ1) is 26.1. The monoisotopic (exact) mass is 574 g/mol. The van der Waals surface area contributed by atoms with Gasteiger partial charge >= 0.3 is 0 Å². The number of benzene rings is 3. The van der Waals surface area contributed by atoms with Crippen molar-refractivity contribution < 1.29 is 8.78 Å². The van der Waals surface area contributed by atoms with Crippen LogP contribution in [-0.2, 0) is 5.54 Å². The zero-order valence-corrected chi connectivity index (χ0v) is 23.2. The second-order valence-corrected chi connectivity index (χ2v) is 10.8. The van der Waals surface area contributed by atoms with Crippen molar-refractivity contribution in [2.45, 2.75) is 12.0 Å². The minimum Gasteiger partial charge on any atom is -0.305 e. The van der Waals surface area contributed by atoms with Gasteiger partial charge in [-0.15, -0.1) is 0 Å². The zero-order valence-electron chi connectivity index (χ0n) is 22.4. The Hall–Kier alpha value is -4.81. The van der Waals surface area contributed by atoms with Crippen LogP contribution in [0.2, 0.25) is 5.02 Å². The molecule has 0 aliphatic heterocycles. The van der Waals surface area contributed by atoms with Gasteiger partial charge in [0, 0.05) is 53.5 Å². The Labute approximate surface area is 246 Å². The number of hydrogen-bond acceptors (Lipinski definition) is 2. The normalized spacial score (nSPS) is 15.0. The van der Waals surface area contributed by atoms with Crippen molar-refractivity contribution in [3.8, 4) is 22.4 Å². The van der Waals surface area contributed by atoms with Crippen molar-refractivity contribution in [1.82, 2.24) is 19.2 Å². The smallest absolute Gasteiger partial charge is 0.155 e. The van der Waals surface area contributed by atoms with E-state index in [2.05, 4.69) is 47.5 Å². The molecule has 0 amide bonds. The Morgan fingerprint density at radius 3 is 2.24 bits per heavy atom. The highest BCUT2D eigenvalue weighted by Gasteiger charge is 2.44. The Morgan fingerprint density at radius 2 is 1.57 bits per heavy atom. The molecule has 1 aliphatic carbocycles. The predicted molar refractivity (Wildman–Crippen MR) is 162 cm³/mol. The first-order valence-corrected chi connectivity index (χ1v) is 14.1. The maximum absolute atomic E-state index is 15.5. The topological polar surface area (TPSA) is 35.1 Å². The highest BCUT2D eigenvalue weighted by atomic mass is 35.5. The van der Waals surface area contributed by atoms with Crippen LogP contribution >= 0.6 is 11.6 Å². The second kappa shape index (κ2) is 10.5. The fourth-order valence-electron chi connectivity index (χ4n) is 6.09. The molecule has 7 heteroatoms. The summed E-state index contributed by atoms with van der Waals surface area (Å²) in [4.78, 5) is 4.34. The third-order valence-corrected chi connectivity index (χ3v) is 8.24. The Morgan fingerprint density at radius 1 is 0.833 bits per heavy atom. The van der Waals surface area contributed by atoms with Crippen molar-refractivity contribution in [2.24, 2.45) is 5.92 Å². The van der Waals surface area contributed by atoms with E-state index in [4.69, 9.17) is 16.7 Å². The van der Waals surface area contributed by atoms with Crippen LogP contribution in [0.5, 0.6) is 0 Å². The van der Waals surface area contributed by atoms with Crippen LogP contribution in [0.15, 0.2) is 134 Å². The number of rotatable bonds is 6. The molecule has 42 heavy (non-hydrogen) atoms. The molecule has 7 rings (SSSR count). The number of imidazole rings is 1. The molecule has 4 nitrogen and oxygen atoms in total. The molecule has 3 aromatic heterocycles. The standard InChI is InChI=1S/C35H25ClF2N4/c36-31-20-24(22-41-19-18-39-34(31)41)30-23-42(40-33(30)29-17-16-28(37)21-32(29)38)35(25-10-4-1-5-11-25,26-12-6-2-7-13-26)27-14-8-3-9-15-27/h1-14,16-23,27H,15H2. The van der Waals surface area contributed by atoms with Crippen molar-refractivity contribution in [1.29, 1.82) is 0 Å². The molecule has 206 valence electrons. The molecule has 0 N–H and O–H groups in total. The van der Waals surface area contributed by atoms with Crippen LogP contribution in [0.3, 0.4) is 0 Å². The lowest BCUT2D eigenvalue weighted by atomic mass is 9.70. The van der Waals surface area contributed by atoms with Crippen molar-refractivity contribution in [3.63, 3.8) is 0 Å². The number of allylic oxidation sites excluding steroid dienone is 4. The van der Waals surface area contributed by atoms with Gasteiger partial charge in [-0.25, -0.2) is 13.8 Å². The summed E-state index contributed by atoms with van der Waals surface area (Å²) < 4.78 is 33.3. The third-order valence-electron chi connectivity index (χ3n) is 7.96. The van der Waals surface area contributed by atoms with Crippen LogP contribution in [0.25, 0.3) is 28.0 Å². The lowest BCUT2D eigenvalue weighted by Gasteiger charge is -2.41. The van der Waals surface area contributed by atoms with Gasteiger partial charge in [0.15, 0.2) is 5.65 Å². The molecule has 1 unspecified atom stereocenters. The molecule has 3 aromatic carbocycles. The second-order valence-electron chi connectivity index (χ2n) is 10.3. The molecule has 0 spiro atoms. The summed E-state index contributed by atoms with van der Waals surface area (Å²) >= 11 is 6.66. The summed E-state index contributed by atoms with van der Waals surface area (Å²) in [5, 5.41) is 5.63. The zero-order chi connectivity index (χ0) is 28.7. The fourth-order valence-corrected chi connectivity index (χ4v) is 6.35. The highest BCUT2D eigenvalue weighted by Crippen LogP contribution is 2.46. The molecule has 0 fully saturated rings. The molecular weight excluding hydrogens is 550 g/mol. The van der Waals surface area contributed by atoms with E-state index in [1.807, 2.05) is 76.2 Å². The SMILES string of the molecule is Fc1ccc(-c2nn(C(c3ccccc3)(c3ccccc3)C3C=CC=CC3)cc2-c2cc(Cl)c3nccn3c2)c(F)c1. The van der Waals surface area contributed by atoms with Crippen LogP contribution in [0, 0.1) is 17.6 Å². The fraction of sp³-hybridized carbons (Fsp3) is 0.0857. The van der Waals surface area contributed by atoms with Crippen LogP contribution in [0.1, 0.15) is 17.5 Å². The van der Waals surface area contributed by atoms with Gasteiger partial charge in [0.25, 0.3) is 0 Å². The number of aromatic nitrogens is 4. The largest absolute Gasteiger partial charge is 0.305 e. The summed E-state index contributed by atoms with van der Waals surface area (Å²) in [7, 11) is 0. The van der Waals surface area contributed by atoms with Gasteiger partial charge in [-0.05, 0) is 35.7 Å². The van der Waals surface area contributed by atoms with E-state index < -0.39 is 17.2 Å².